The van der Waals surface area contributed by atoms with Crippen molar-refractivity contribution in [2.45, 2.75) is 12.6 Å². The number of rotatable bonds is 7. The Morgan fingerprint density at radius 2 is 1.93 bits per heavy atom. The highest BCUT2D eigenvalue weighted by molar-refractivity contribution is 5.88. The lowest BCUT2D eigenvalue weighted by molar-refractivity contribution is -0.190. The van der Waals surface area contributed by atoms with Crippen molar-refractivity contribution in [1.29, 1.82) is 5.26 Å². The molecule has 0 spiro atoms. The molecule has 1 atom stereocenters. The summed E-state index contributed by atoms with van der Waals surface area (Å²) in [7, 11) is 3.13. The molecular formula is C19H23N5O5. The van der Waals surface area contributed by atoms with Crippen LogP contribution >= 0.6 is 0 Å². The summed E-state index contributed by atoms with van der Waals surface area (Å²) < 4.78 is 10.5. The minimum absolute atomic E-state index is 0.0750. The monoisotopic (exact) mass is 401 g/mol. The van der Waals surface area contributed by atoms with Crippen LogP contribution in [0.4, 0.5) is 0 Å². The average Bonchev–Trinajstić information content (AvgIpc) is 2.73. The second-order valence-electron chi connectivity index (χ2n) is 6.75. The molecule has 0 bridgehead atoms. The van der Waals surface area contributed by atoms with E-state index in [0.717, 1.165) is 5.56 Å². The number of nitriles is 1. The highest BCUT2D eigenvalue weighted by Gasteiger charge is 2.44. The molecule has 2 saturated heterocycles. The summed E-state index contributed by atoms with van der Waals surface area (Å²) in [5, 5.41) is 11.7. The smallest absolute Gasteiger partial charge is 0.242 e. The lowest BCUT2D eigenvalue weighted by atomic mass is 10.1. The lowest BCUT2D eigenvalue weighted by Crippen LogP contribution is -2.71. The van der Waals surface area contributed by atoms with Crippen molar-refractivity contribution in [3.05, 3.63) is 23.8 Å². The van der Waals surface area contributed by atoms with Crippen LogP contribution in [0.3, 0.4) is 0 Å². The number of carbonyl (C=O) groups excluding carboxylic acids is 3. The van der Waals surface area contributed by atoms with Crippen molar-refractivity contribution in [3.63, 3.8) is 0 Å². The van der Waals surface area contributed by atoms with Crippen molar-refractivity contribution in [2.24, 2.45) is 0 Å². The minimum Gasteiger partial charge on any atom is -0.493 e. The van der Waals surface area contributed by atoms with Crippen LogP contribution in [0.25, 0.3) is 0 Å². The number of ether oxygens (including phenoxy) is 2. The van der Waals surface area contributed by atoms with Crippen molar-refractivity contribution < 1.29 is 23.9 Å². The molecule has 3 amide bonds. The maximum atomic E-state index is 12.6. The molecule has 1 aromatic carbocycles. The molecule has 1 unspecified atom stereocenters. The van der Waals surface area contributed by atoms with Gasteiger partial charge in [0, 0.05) is 6.54 Å². The Hall–Kier alpha value is -3.32. The lowest BCUT2D eigenvalue weighted by Gasteiger charge is -2.50. The van der Waals surface area contributed by atoms with E-state index in [9.17, 15) is 14.4 Å². The maximum Gasteiger partial charge on any atom is 0.242 e. The largest absolute Gasteiger partial charge is 0.493 e. The second-order valence-corrected chi connectivity index (χ2v) is 6.75. The number of fused-ring (bicyclic) bond motifs is 1. The molecule has 1 aromatic rings. The van der Waals surface area contributed by atoms with Crippen LogP contribution in [0.2, 0.25) is 0 Å². The molecule has 2 heterocycles. The number of methoxy groups -OCH3 is 2. The third kappa shape index (κ3) is 4.09. The van der Waals surface area contributed by atoms with Crippen LogP contribution in [0, 0.1) is 11.3 Å². The van der Waals surface area contributed by atoms with Gasteiger partial charge in [-0.3, -0.25) is 19.4 Å². The highest BCUT2D eigenvalue weighted by atomic mass is 16.5. The van der Waals surface area contributed by atoms with E-state index in [1.165, 1.54) is 14.9 Å². The second kappa shape index (κ2) is 8.79. The first-order valence-corrected chi connectivity index (χ1v) is 9.16. The standard InChI is InChI=1S/C19H23N5O5/c1-28-15-4-3-14(9-16(15)29-2)5-7-21-10-17-23(12-18(21)26)19(27)11-22(8-6-20)24(17)13-25/h3-4,9,13,17H,5,7-8,10-12H2,1-2H3. The summed E-state index contributed by atoms with van der Waals surface area (Å²) in [6.07, 6.45) is 0.574. The van der Waals surface area contributed by atoms with Crippen LogP contribution in [0.15, 0.2) is 18.2 Å². The Morgan fingerprint density at radius 3 is 2.59 bits per heavy atom. The summed E-state index contributed by atoms with van der Waals surface area (Å²) in [5.74, 6) is 0.796. The molecule has 2 fully saturated rings. The van der Waals surface area contributed by atoms with Gasteiger partial charge in [0.15, 0.2) is 11.5 Å². The van der Waals surface area contributed by atoms with Gasteiger partial charge in [-0.25, -0.2) is 0 Å². The van der Waals surface area contributed by atoms with Crippen LogP contribution in [-0.4, -0.2) is 91.2 Å². The minimum atomic E-state index is -0.606. The van der Waals surface area contributed by atoms with Gasteiger partial charge in [0.2, 0.25) is 18.2 Å². The van der Waals surface area contributed by atoms with E-state index >= 15 is 0 Å². The molecule has 0 aromatic heterocycles. The third-order valence-electron chi connectivity index (χ3n) is 5.15. The first kappa shape index (κ1) is 20.4. The predicted octanol–water partition coefficient (Wildman–Crippen LogP) is -0.544. The quantitative estimate of drug-likeness (QED) is 0.446. The molecule has 0 saturated carbocycles. The van der Waals surface area contributed by atoms with E-state index in [1.54, 1.807) is 19.1 Å². The van der Waals surface area contributed by atoms with Gasteiger partial charge in [0.25, 0.3) is 0 Å². The maximum absolute atomic E-state index is 12.6. The number of hydrazine groups is 1. The van der Waals surface area contributed by atoms with Crippen molar-refractivity contribution in [2.75, 3.05) is 46.9 Å². The normalized spacial score (nSPS) is 19.6. The number of hydrogen-bond donors (Lipinski definition) is 0. The van der Waals surface area contributed by atoms with E-state index < -0.39 is 6.17 Å². The molecule has 2 aliphatic heterocycles. The van der Waals surface area contributed by atoms with Crippen LogP contribution < -0.4 is 9.47 Å². The van der Waals surface area contributed by atoms with Gasteiger partial charge < -0.3 is 19.3 Å². The van der Waals surface area contributed by atoms with Gasteiger partial charge in [-0.05, 0) is 24.1 Å². The molecule has 2 aliphatic rings. The van der Waals surface area contributed by atoms with E-state index in [4.69, 9.17) is 14.7 Å². The van der Waals surface area contributed by atoms with Gasteiger partial charge in [-0.15, -0.1) is 0 Å². The number of carbonyl (C=O) groups is 3. The summed E-state index contributed by atoms with van der Waals surface area (Å²) in [6, 6.07) is 7.52. The Morgan fingerprint density at radius 1 is 1.17 bits per heavy atom. The molecular weight excluding hydrogens is 378 g/mol. The highest BCUT2D eigenvalue weighted by Crippen LogP contribution is 2.28. The van der Waals surface area contributed by atoms with Gasteiger partial charge in [0.05, 0.1) is 33.4 Å². The topological polar surface area (TPSA) is 106 Å². The average molecular weight is 401 g/mol. The van der Waals surface area contributed by atoms with Crippen LogP contribution in [0.1, 0.15) is 5.56 Å². The van der Waals surface area contributed by atoms with E-state index in [1.807, 2.05) is 24.3 Å². The Bertz CT molecular complexity index is 839. The third-order valence-corrected chi connectivity index (χ3v) is 5.15. The fraction of sp³-hybridized carbons (Fsp3) is 0.474. The van der Waals surface area contributed by atoms with Crippen LogP contribution in [-0.2, 0) is 20.8 Å². The number of piperazine rings is 1. The van der Waals surface area contributed by atoms with E-state index in [-0.39, 0.29) is 38.0 Å². The Kier molecular flexibility index (Phi) is 6.19. The molecule has 29 heavy (non-hydrogen) atoms. The fourth-order valence-electron chi connectivity index (χ4n) is 3.62. The zero-order valence-electron chi connectivity index (χ0n) is 16.4. The predicted molar refractivity (Wildman–Crippen MR) is 100 cm³/mol. The summed E-state index contributed by atoms with van der Waals surface area (Å²) in [6.45, 7) is 0.368. The zero-order chi connectivity index (χ0) is 21.0. The summed E-state index contributed by atoms with van der Waals surface area (Å²) in [5.41, 5.74) is 0.968. The van der Waals surface area contributed by atoms with Crippen molar-refractivity contribution >= 4 is 18.2 Å². The fourth-order valence-corrected chi connectivity index (χ4v) is 3.62. The number of benzene rings is 1. The van der Waals surface area contributed by atoms with Crippen molar-refractivity contribution in [1.82, 2.24) is 19.8 Å². The molecule has 10 heteroatoms. The molecule has 3 rings (SSSR count). The Labute approximate surface area is 168 Å². The SMILES string of the molecule is COc1ccc(CCN2CC3N(CC2=O)C(=O)CN(CC#N)N3C=O)cc1OC. The molecule has 0 N–H and O–H groups in total. The number of hydrogen-bond acceptors (Lipinski definition) is 7. The molecule has 10 nitrogen and oxygen atoms in total. The molecule has 154 valence electrons. The van der Waals surface area contributed by atoms with Gasteiger partial charge in [-0.2, -0.15) is 10.3 Å². The molecule has 0 radical (unpaired) electrons. The first-order chi connectivity index (χ1) is 14.0. The first-order valence-electron chi connectivity index (χ1n) is 9.16. The van der Waals surface area contributed by atoms with E-state index in [0.29, 0.717) is 30.9 Å². The summed E-state index contributed by atoms with van der Waals surface area (Å²) in [4.78, 5) is 39.6. The summed E-state index contributed by atoms with van der Waals surface area (Å²) >= 11 is 0. The number of amides is 3. The van der Waals surface area contributed by atoms with Crippen molar-refractivity contribution in [3.8, 4) is 17.6 Å². The number of nitrogens with zero attached hydrogens (tertiary/aromatic N) is 5. The van der Waals surface area contributed by atoms with Gasteiger partial charge >= 0.3 is 0 Å². The van der Waals surface area contributed by atoms with Gasteiger partial charge in [0.1, 0.15) is 19.3 Å². The van der Waals surface area contributed by atoms with E-state index in [2.05, 4.69) is 0 Å². The van der Waals surface area contributed by atoms with Crippen LogP contribution in [0.5, 0.6) is 11.5 Å². The zero-order valence-corrected chi connectivity index (χ0v) is 16.4. The van der Waals surface area contributed by atoms with Gasteiger partial charge in [-0.1, -0.05) is 6.07 Å². The molecule has 0 aliphatic carbocycles. The Balaban J connectivity index is 1.71.